The molecule has 1 aliphatic rings. The molecule has 0 saturated heterocycles. The molecule has 0 fully saturated rings. The molecule has 72 valence electrons. The third kappa shape index (κ3) is 3.22. The maximum atomic E-state index is 2.26. The quantitative estimate of drug-likeness (QED) is 0.545. The van der Waals surface area contributed by atoms with Crippen molar-refractivity contribution in [2.24, 2.45) is 0 Å². The summed E-state index contributed by atoms with van der Waals surface area (Å²) >= 11 is 0. The molecule has 1 aliphatic carbocycles. The van der Waals surface area contributed by atoms with E-state index in [9.17, 15) is 0 Å². The summed E-state index contributed by atoms with van der Waals surface area (Å²) < 4.78 is 0. The number of unbranched alkanes of at least 4 members (excludes halogenated alkanes) is 3. The lowest BCUT2D eigenvalue weighted by Crippen LogP contribution is -1.84. The second-order valence-corrected chi connectivity index (χ2v) is 3.61. The van der Waals surface area contributed by atoms with Gasteiger partial charge in [-0.3, -0.25) is 0 Å². The van der Waals surface area contributed by atoms with E-state index in [1.54, 1.807) is 0 Å². The van der Waals surface area contributed by atoms with Gasteiger partial charge in [0, 0.05) is 0 Å². The van der Waals surface area contributed by atoms with Gasteiger partial charge in [0.15, 0.2) is 0 Å². The Morgan fingerprint density at radius 3 is 2.77 bits per heavy atom. The Morgan fingerprint density at radius 1 is 1.23 bits per heavy atom. The van der Waals surface area contributed by atoms with Crippen LogP contribution in [0.15, 0.2) is 35.5 Å². The SMILES string of the molecule is CC=C1C=CC=C1CCCCCC. The van der Waals surface area contributed by atoms with E-state index in [0.29, 0.717) is 0 Å². The van der Waals surface area contributed by atoms with Crippen molar-refractivity contribution in [2.75, 3.05) is 0 Å². The first-order valence-corrected chi connectivity index (χ1v) is 5.42. The van der Waals surface area contributed by atoms with Crippen molar-refractivity contribution in [3.8, 4) is 0 Å². The minimum Gasteiger partial charge on any atom is -0.0801 e. The van der Waals surface area contributed by atoms with Crippen LogP contribution in [0, 0.1) is 0 Å². The van der Waals surface area contributed by atoms with Gasteiger partial charge in [-0.2, -0.15) is 0 Å². The highest BCUT2D eigenvalue weighted by Crippen LogP contribution is 2.23. The molecular formula is C13H20. The molecule has 0 amide bonds. The van der Waals surface area contributed by atoms with Gasteiger partial charge in [-0.25, -0.2) is 0 Å². The van der Waals surface area contributed by atoms with Crippen molar-refractivity contribution in [3.05, 3.63) is 35.5 Å². The molecule has 0 aromatic heterocycles. The molecule has 1 rings (SSSR count). The highest BCUT2D eigenvalue weighted by molar-refractivity contribution is 5.47. The predicted octanol–water partition coefficient (Wildman–Crippen LogP) is 4.40. The molecule has 0 bridgehead atoms. The van der Waals surface area contributed by atoms with Gasteiger partial charge < -0.3 is 0 Å². The largest absolute Gasteiger partial charge is 0.0801 e. The van der Waals surface area contributed by atoms with Crippen LogP contribution in [-0.4, -0.2) is 0 Å². The summed E-state index contributed by atoms with van der Waals surface area (Å²) in [6.45, 7) is 4.37. The first-order chi connectivity index (χ1) is 6.38. The Morgan fingerprint density at radius 2 is 2.08 bits per heavy atom. The van der Waals surface area contributed by atoms with Crippen LogP contribution in [0.3, 0.4) is 0 Å². The molecule has 0 heterocycles. The van der Waals surface area contributed by atoms with Gasteiger partial charge in [-0.05, 0) is 30.9 Å². The van der Waals surface area contributed by atoms with Gasteiger partial charge in [0.1, 0.15) is 0 Å². The first-order valence-electron chi connectivity index (χ1n) is 5.42. The zero-order valence-corrected chi connectivity index (χ0v) is 8.84. The molecule has 0 saturated carbocycles. The molecule has 0 spiro atoms. The standard InChI is InChI=1S/C13H20/c1-3-5-6-7-9-13-11-8-10-12(13)4-2/h4,8,10-11H,3,5-7,9H2,1-2H3. The highest BCUT2D eigenvalue weighted by Gasteiger charge is 2.04. The van der Waals surface area contributed by atoms with Gasteiger partial charge in [0.05, 0.1) is 0 Å². The lowest BCUT2D eigenvalue weighted by atomic mass is 10.0. The molecule has 13 heavy (non-hydrogen) atoms. The molecule has 0 nitrogen and oxygen atoms in total. The van der Waals surface area contributed by atoms with Gasteiger partial charge in [-0.15, -0.1) is 0 Å². The van der Waals surface area contributed by atoms with Gasteiger partial charge in [0.2, 0.25) is 0 Å². The molecule has 0 aliphatic heterocycles. The zero-order chi connectivity index (χ0) is 9.52. The molecule has 0 N–H and O–H groups in total. The minimum atomic E-state index is 1.26. The second-order valence-electron chi connectivity index (χ2n) is 3.61. The summed E-state index contributed by atoms with van der Waals surface area (Å²) in [6.07, 6.45) is 15.5. The van der Waals surface area contributed by atoms with Crippen LogP contribution in [0.4, 0.5) is 0 Å². The number of rotatable bonds is 5. The molecule has 0 aromatic rings. The van der Waals surface area contributed by atoms with Crippen molar-refractivity contribution in [3.63, 3.8) is 0 Å². The smallest absolute Gasteiger partial charge is 0.0267 e. The van der Waals surface area contributed by atoms with Crippen LogP contribution in [-0.2, 0) is 0 Å². The topological polar surface area (TPSA) is 0 Å². The van der Waals surface area contributed by atoms with E-state index in [-0.39, 0.29) is 0 Å². The average Bonchev–Trinajstić information content (AvgIpc) is 2.60. The third-order valence-corrected chi connectivity index (χ3v) is 2.55. The summed E-state index contributed by atoms with van der Waals surface area (Å²) in [7, 11) is 0. The van der Waals surface area contributed by atoms with Crippen LogP contribution >= 0.6 is 0 Å². The molecule has 0 atom stereocenters. The van der Waals surface area contributed by atoms with E-state index in [0.717, 1.165) is 0 Å². The third-order valence-electron chi connectivity index (χ3n) is 2.55. The maximum absolute atomic E-state index is 2.26. The Kier molecular flexibility index (Phi) is 4.59. The first kappa shape index (κ1) is 10.3. The van der Waals surface area contributed by atoms with Gasteiger partial charge in [-0.1, -0.05) is 50.5 Å². The fourth-order valence-corrected chi connectivity index (χ4v) is 1.72. The van der Waals surface area contributed by atoms with Crippen molar-refractivity contribution in [1.29, 1.82) is 0 Å². The van der Waals surface area contributed by atoms with E-state index in [2.05, 4.69) is 38.2 Å². The highest BCUT2D eigenvalue weighted by atomic mass is 14.1. The Bertz CT molecular complexity index is 228. The average molecular weight is 176 g/mol. The minimum absolute atomic E-state index is 1.26. The van der Waals surface area contributed by atoms with E-state index >= 15 is 0 Å². The molecule has 0 radical (unpaired) electrons. The van der Waals surface area contributed by atoms with Gasteiger partial charge >= 0.3 is 0 Å². The number of hydrogen-bond acceptors (Lipinski definition) is 0. The summed E-state index contributed by atoms with van der Waals surface area (Å²) in [5.41, 5.74) is 2.95. The van der Waals surface area contributed by atoms with Crippen molar-refractivity contribution < 1.29 is 0 Å². The lowest BCUT2D eigenvalue weighted by Gasteiger charge is -2.03. The molecule has 0 aromatic carbocycles. The van der Waals surface area contributed by atoms with Crippen molar-refractivity contribution in [1.82, 2.24) is 0 Å². The van der Waals surface area contributed by atoms with E-state index in [1.165, 1.54) is 43.3 Å². The Labute approximate surface area is 82.0 Å². The van der Waals surface area contributed by atoms with E-state index < -0.39 is 0 Å². The number of allylic oxidation sites excluding steroid dienone is 6. The van der Waals surface area contributed by atoms with Gasteiger partial charge in [0.25, 0.3) is 0 Å². The van der Waals surface area contributed by atoms with Crippen LogP contribution in [0.25, 0.3) is 0 Å². The molecule has 0 heteroatoms. The normalized spacial score (nSPS) is 18.3. The van der Waals surface area contributed by atoms with E-state index in [1.807, 2.05) is 0 Å². The summed E-state index contributed by atoms with van der Waals surface area (Å²) in [6, 6.07) is 0. The summed E-state index contributed by atoms with van der Waals surface area (Å²) in [5.74, 6) is 0. The summed E-state index contributed by atoms with van der Waals surface area (Å²) in [5, 5.41) is 0. The Hall–Kier alpha value is -0.780. The second kappa shape index (κ2) is 5.80. The van der Waals surface area contributed by atoms with Crippen molar-refractivity contribution >= 4 is 0 Å². The molecule has 0 unspecified atom stereocenters. The number of hydrogen-bond donors (Lipinski definition) is 0. The van der Waals surface area contributed by atoms with Crippen LogP contribution in [0.1, 0.15) is 46.0 Å². The van der Waals surface area contributed by atoms with Crippen LogP contribution in [0.2, 0.25) is 0 Å². The van der Waals surface area contributed by atoms with Crippen molar-refractivity contribution in [2.45, 2.75) is 46.0 Å². The predicted molar refractivity (Wildman–Crippen MR) is 59.7 cm³/mol. The van der Waals surface area contributed by atoms with Crippen LogP contribution in [0.5, 0.6) is 0 Å². The van der Waals surface area contributed by atoms with E-state index in [4.69, 9.17) is 0 Å². The molecular weight excluding hydrogens is 156 g/mol. The summed E-state index contributed by atoms with van der Waals surface area (Å²) in [4.78, 5) is 0. The lowest BCUT2D eigenvalue weighted by molar-refractivity contribution is 0.667. The fraction of sp³-hybridized carbons (Fsp3) is 0.538. The monoisotopic (exact) mass is 176 g/mol. The Balaban J connectivity index is 2.23. The fourth-order valence-electron chi connectivity index (χ4n) is 1.72. The zero-order valence-electron chi connectivity index (χ0n) is 8.84. The maximum Gasteiger partial charge on any atom is -0.0267 e. The van der Waals surface area contributed by atoms with Crippen LogP contribution < -0.4 is 0 Å².